The molecular formula is C26H34ClN5O5. The molecule has 0 bridgehead atoms. The van der Waals surface area contributed by atoms with Gasteiger partial charge >= 0.3 is 6.09 Å². The molecule has 0 spiro atoms. The topological polar surface area (TPSA) is 93.7 Å². The highest BCUT2D eigenvalue weighted by Gasteiger charge is 2.35. The van der Waals surface area contributed by atoms with Crippen LogP contribution in [0.1, 0.15) is 44.1 Å². The zero-order chi connectivity index (χ0) is 25.9. The highest BCUT2D eigenvalue weighted by atomic mass is 35.5. The number of amides is 4. The summed E-state index contributed by atoms with van der Waals surface area (Å²) in [4.78, 5) is 62.0. The summed E-state index contributed by atoms with van der Waals surface area (Å²) in [5.74, 6) is -0.525. The molecule has 4 saturated heterocycles. The van der Waals surface area contributed by atoms with Gasteiger partial charge in [0.25, 0.3) is 11.8 Å². The molecule has 1 aromatic carbocycles. The van der Waals surface area contributed by atoms with Gasteiger partial charge in [0.1, 0.15) is 0 Å². The van der Waals surface area contributed by atoms with Crippen LogP contribution in [0.3, 0.4) is 0 Å². The molecule has 0 aliphatic carbocycles. The largest absolute Gasteiger partial charge is 0.434 e. The number of rotatable bonds is 5. The maximum absolute atomic E-state index is 12.8. The lowest BCUT2D eigenvalue weighted by Gasteiger charge is -2.37. The van der Waals surface area contributed by atoms with Gasteiger partial charge in [-0.15, -0.1) is 5.06 Å². The quantitative estimate of drug-likeness (QED) is 0.539. The smallest absolute Gasteiger partial charge is 0.371 e. The Morgan fingerprint density at radius 2 is 1.51 bits per heavy atom. The van der Waals surface area contributed by atoms with Crippen LogP contribution in [0.5, 0.6) is 0 Å². The van der Waals surface area contributed by atoms with Crippen LogP contribution in [0.15, 0.2) is 18.2 Å². The third-order valence-electron chi connectivity index (χ3n) is 7.85. The van der Waals surface area contributed by atoms with Crippen molar-refractivity contribution in [3.05, 3.63) is 28.8 Å². The summed E-state index contributed by atoms with van der Waals surface area (Å²) in [5.41, 5.74) is 2.27. The number of anilines is 1. The third-order valence-corrected chi connectivity index (χ3v) is 8.08. The van der Waals surface area contributed by atoms with Crippen molar-refractivity contribution in [2.45, 2.75) is 45.1 Å². The fraction of sp³-hybridized carbons (Fsp3) is 0.615. The van der Waals surface area contributed by atoms with E-state index in [4.69, 9.17) is 16.4 Å². The van der Waals surface area contributed by atoms with E-state index in [-0.39, 0.29) is 18.8 Å². The van der Waals surface area contributed by atoms with Gasteiger partial charge in [-0.2, -0.15) is 0 Å². The van der Waals surface area contributed by atoms with Gasteiger partial charge in [-0.25, -0.2) is 4.79 Å². The van der Waals surface area contributed by atoms with Gasteiger partial charge in [-0.1, -0.05) is 17.7 Å². The van der Waals surface area contributed by atoms with Crippen LogP contribution in [-0.4, -0.2) is 95.9 Å². The molecule has 0 N–H and O–H groups in total. The Morgan fingerprint density at radius 3 is 2.16 bits per heavy atom. The van der Waals surface area contributed by atoms with Crippen molar-refractivity contribution in [2.24, 2.45) is 5.92 Å². The maximum atomic E-state index is 12.8. The van der Waals surface area contributed by atoms with Crippen LogP contribution in [0, 0.1) is 5.92 Å². The number of likely N-dealkylation sites (tertiary alicyclic amines) is 1. The molecule has 0 saturated carbocycles. The minimum absolute atomic E-state index is 0.0791. The molecule has 37 heavy (non-hydrogen) atoms. The molecule has 0 radical (unpaired) electrons. The van der Waals surface area contributed by atoms with E-state index < -0.39 is 17.9 Å². The zero-order valence-corrected chi connectivity index (χ0v) is 21.8. The summed E-state index contributed by atoms with van der Waals surface area (Å²) < 4.78 is 0. The molecule has 0 unspecified atom stereocenters. The van der Waals surface area contributed by atoms with Gasteiger partial charge in [-0.3, -0.25) is 19.3 Å². The number of hydroxylamine groups is 2. The number of piperazine rings is 1. The molecule has 10 nitrogen and oxygen atoms in total. The Balaban J connectivity index is 1.15. The molecule has 4 amide bonds. The molecule has 4 heterocycles. The minimum Gasteiger partial charge on any atom is -0.371 e. The standard InChI is InChI=1S/C26H34ClN5O5/c27-21-4-3-20(22(17-21)29-11-7-19(8-12-29)25(35)30-9-1-2-10-30)18-28-13-15-31(16-14-28)26(36)37-32-23(33)5-6-24(32)34/h3-4,17,19H,1-2,5-16,18H2. The van der Waals surface area contributed by atoms with Crippen molar-refractivity contribution in [3.8, 4) is 0 Å². The predicted molar refractivity (Wildman–Crippen MR) is 137 cm³/mol. The Bertz CT molecular complexity index is 1030. The first-order valence-corrected chi connectivity index (χ1v) is 13.6. The van der Waals surface area contributed by atoms with E-state index in [0.29, 0.717) is 48.7 Å². The van der Waals surface area contributed by atoms with E-state index >= 15 is 0 Å². The fourth-order valence-electron chi connectivity index (χ4n) is 5.65. The molecule has 0 atom stereocenters. The van der Waals surface area contributed by atoms with E-state index in [1.165, 1.54) is 4.90 Å². The van der Waals surface area contributed by atoms with Gasteiger partial charge in [0, 0.05) is 88.4 Å². The summed E-state index contributed by atoms with van der Waals surface area (Å²) in [6, 6.07) is 5.98. The fourth-order valence-corrected chi connectivity index (χ4v) is 5.82. The van der Waals surface area contributed by atoms with Gasteiger partial charge in [-0.05, 0) is 43.4 Å². The molecule has 4 aliphatic heterocycles. The molecule has 11 heteroatoms. The van der Waals surface area contributed by atoms with E-state index in [9.17, 15) is 19.2 Å². The molecule has 0 aromatic heterocycles. The first-order chi connectivity index (χ1) is 17.9. The lowest BCUT2D eigenvalue weighted by atomic mass is 9.94. The Morgan fingerprint density at radius 1 is 0.865 bits per heavy atom. The average Bonchev–Trinajstić information content (AvgIpc) is 3.56. The second kappa shape index (κ2) is 11.3. The summed E-state index contributed by atoms with van der Waals surface area (Å²) in [5, 5.41) is 1.28. The van der Waals surface area contributed by atoms with Gasteiger partial charge in [0.05, 0.1) is 0 Å². The predicted octanol–water partition coefficient (Wildman–Crippen LogP) is 2.50. The van der Waals surface area contributed by atoms with Crippen molar-refractivity contribution in [2.75, 3.05) is 57.3 Å². The van der Waals surface area contributed by atoms with Gasteiger partial charge < -0.3 is 19.5 Å². The average molecular weight is 532 g/mol. The van der Waals surface area contributed by atoms with Crippen molar-refractivity contribution in [1.29, 1.82) is 0 Å². The van der Waals surface area contributed by atoms with Crippen LogP contribution in [0.2, 0.25) is 5.02 Å². The monoisotopic (exact) mass is 531 g/mol. The van der Waals surface area contributed by atoms with Crippen molar-refractivity contribution < 1.29 is 24.0 Å². The molecular weight excluding hydrogens is 498 g/mol. The van der Waals surface area contributed by atoms with Crippen molar-refractivity contribution >= 4 is 41.1 Å². The van der Waals surface area contributed by atoms with E-state index in [1.54, 1.807) is 0 Å². The van der Waals surface area contributed by atoms with E-state index in [2.05, 4.69) is 15.9 Å². The number of carbonyl (C=O) groups excluding carboxylic acids is 4. The second-order valence-corrected chi connectivity index (χ2v) is 10.7. The van der Waals surface area contributed by atoms with Crippen molar-refractivity contribution in [3.63, 3.8) is 0 Å². The number of imide groups is 1. The number of carbonyl (C=O) groups is 4. The van der Waals surface area contributed by atoms with Crippen LogP contribution < -0.4 is 4.90 Å². The normalized spacial score (nSPS) is 21.8. The zero-order valence-electron chi connectivity index (χ0n) is 21.1. The Labute approximate surface area is 222 Å². The lowest BCUT2D eigenvalue weighted by Crippen LogP contribution is -2.50. The summed E-state index contributed by atoms with van der Waals surface area (Å²) in [7, 11) is 0. The van der Waals surface area contributed by atoms with Crippen LogP contribution in [0.25, 0.3) is 0 Å². The number of hydrogen-bond acceptors (Lipinski definition) is 7. The first-order valence-electron chi connectivity index (χ1n) is 13.3. The highest BCUT2D eigenvalue weighted by Crippen LogP contribution is 2.31. The summed E-state index contributed by atoms with van der Waals surface area (Å²) in [6.07, 6.45) is 3.43. The number of benzene rings is 1. The summed E-state index contributed by atoms with van der Waals surface area (Å²) >= 11 is 6.38. The summed E-state index contributed by atoms with van der Waals surface area (Å²) in [6.45, 7) is 6.34. The van der Waals surface area contributed by atoms with E-state index in [0.717, 1.165) is 63.1 Å². The SMILES string of the molecule is O=C(ON1C(=O)CCC1=O)N1CCN(Cc2ccc(Cl)cc2N2CCC(C(=O)N3CCCC3)CC2)CC1. The molecule has 5 rings (SSSR count). The number of hydrogen-bond donors (Lipinski definition) is 0. The second-order valence-electron chi connectivity index (χ2n) is 10.3. The van der Waals surface area contributed by atoms with Crippen LogP contribution >= 0.6 is 11.6 Å². The van der Waals surface area contributed by atoms with Crippen LogP contribution in [0.4, 0.5) is 10.5 Å². The molecule has 4 fully saturated rings. The first kappa shape index (κ1) is 25.8. The lowest BCUT2D eigenvalue weighted by molar-refractivity contribution is -0.174. The van der Waals surface area contributed by atoms with Crippen LogP contribution in [-0.2, 0) is 25.8 Å². The van der Waals surface area contributed by atoms with Gasteiger partial charge in [0.2, 0.25) is 5.91 Å². The number of piperidine rings is 1. The minimum atomic E-state index is -0.665. The number of halogens is 1. The molecule has 1 aromatic rings. The third kappa shape index (κ3) is 5.85. The number of nitrogens with zero attached hydrogens (tertiary/aromatic N) is 5. The molecule has 4 aliphatic rings. The maximum Gasteiger partial charge on any atom is 0.434 e. The van der Waals surface area contributed by atoms with E-state index in [1.807, 2.05) is 17.0 Å². The highest BCUT2D eigenvalue weighted by molar-refractivity contribution is 6.30. The van der Waals surface area contributed by atoms with Crippen molar-refractivity contribution in [1.82, 2.24) is 19.8 Å². The molecule has 200 valence electrons. The Hall–Kier alpha value is -2.85. The Kier molecular flexibility index (Phi) is 7.85. The van der Waals surface area contributed by atoms with Gasteiger partial charge in [0.15, 0.2) is 0 Å².